The summed E-state index contributed by atoms with van der Waals surface area (Å²) in [4.78, 5) is 3.29. The molecule has 3 rings (SSSR count). The minimum atomic E-state index is 0.324. The third-order valence-electron chi connectivity index (χ3n) is 2.69. The molecule has 0 aliphatic carbocycles. The number of aromatic nitrogens is 2. The molecule has 3 N–H and O–H groups in total. The van der Waals surface area contributed by atoms with E-state index in [0.29, 0.717) is 5.88 Å². The van der Waals surface area contributed by atoms with Crippen LogP contribution in [-0.2, 0) is 0 Å². The van der Waals surface area contributed by atoms with E-state index in [2.05, 4.69) is 29.2 Å². The van der Waals surface area contributed by atoms with Gasteiger partial charge in [-0.15, -0.1) is 0 Å². The lowest BCUT2D eigenvalue weighted by Gasteiger charge is -1.92. The van der Waals surface area contributed by atoms with Crippen LogP contribution in [0.1, 0.15) is 5.56 Å². The number of aryl methyl sites for hydroxylation is 1. The van der Waals surface area contributed by atoms with Crippen LogP contribution in [-0.4, -0.2) is 10.1 Å². The molecule has 0 atom stereocenters. The van der Waals surface area contributed by atoms with Crippen molar-refractivity contribution in [3.63, 3.8) is 0 Å². The Balaban J connectivity index is 2.22. The molecule has 0 spiro atoms. The van der Waals surface area contributed by atoms with E-state index < -0.39 is 0 Å². The molecule has 3 aromatic rings. The Morgan fingerprint density at radius 2 is 2.19 bits per heavy atom. The number of benzene rings is 1. The average molecular weight is 213 g/mol. The van der Waals surface area contributed by atoms with Crippen molar-refractivity contribution in [3.05, 3.63) is 35.9 Å². The lowest BCUT2D eigenvalue weighted by Crippen LogP contribution is -1.76. The van der Waals surface area contributed by atoms with Gasteiger partial charge >= 0.3 is 0 Å². The molecule has 16 heavy (non-hydrogen) atoms. The zero-order valence-corrected chi connectivity index (χ0v) is 8.82. The fourth-order valence-corrected chi connectivity index (χ4v) is 1.86. The number of nitrogens with zero attached hydrogens (tertiary/aromatic N) is 1. The molecule has 2 aromatic heterocycles. The molecular weight excluding hydrogens is 202 g/mol. The molecular formula is C12H11N3O. The molecule has 0 saturated heterocycles. The molecule has 0 radical (unpaired) electrons. The average Bonchev–Trinajstić information content (AvgIpc) is 2.84. The van der Waals surface area contributed by atoms with Gasteiger partial charge in [-0.25, -0.2) is 0 Å². The summed E-state index contributed by atoms with van der Waals surface area (Å²) in [6.07, 6.45) is 0. The monoisotopic (exact) mass is 213 g/mol. The van der Waals surface area contributed by atoms with Crippen molar-refractivity contribution in [3.8, 4) is 11.4 Å². The van der Waals surface area contributed by atoms with Gasteiger partial charge in [0.15, 0.2) is 0 Å². The third-order valence-corrected chi connectivity index (χ3v) is 2.69. The van der Waals surface area contributed by atoms with E-state index in [1.807, 2.05) is 12.1 Å². The summed E-state index contributed by atoms with van der Waals surface area (Å²) in [6.45, 7) is 2.08. The first-order chi connectivity index (χ1) is 7.74. The quantitative estimate of drug-likeness (QED) is 0.653. The standard InChI is InChI=1S/C12H11N3O/c1-7-3-2-4-9-8(7)5-10(14-9)11-6-12(13)16-15-11/h2-6,14H,13H2,1H3. The van der Waals surface area contributed by atoms with Crippen LogP contribution in [0.5, 0.6) is 0 Å². The molecule has 0 bridgehead atoms. The predicted molar refractivity (Wildman–Crippen MR) is 62.9 cm³/mol. The Bertz CT molecular complexity index is 651. The van der Waals surface area contributed by atoms with E-state index >= 15 is 0 Å². The van der Waals surface area contributed by atoms with Gasteiger partial charge in [-0.05, 0) is 24.6 Å². The van der Waals surface area contributed by atoms with Crippen molar-refractivity contribution >= 4 is 16.8 Å². The molecule has 0 fully saturated rings. The number of anilines is 1. The maximum atomic E-state index is 5.50. The van der Waals surface area contributed by atoms with E-state index in [0.717, 1.165) is 16.9 Å². The second kappa shape index (κ2) is 3.13. The summed E-state index contributed by atoms with van der Waals surface area (Å²) < 4.78 is 4.85. The maximum Gasteiger partial charge on any atom is 0.222 e. The highest BCUT2D eigenvalue weighted by Gasteiger charge is 2.08. The zero-order chi connectivity index (χ0) is 11.1. The highest BCUT2D eigenvalue weighted by atomic mass is 16.5. The predicted octanol–water partition coefficient (Wildman–Crippen LogP) is 2.71. The summed E-state index contributed by atoms with van der Waals surface area (Å²) in [5, 5.41) is 5.07. The molecule has 0 aliphatic rings. The van der Waals surface area contributed by atoms with Crippen LogP contribution < -0.4 is 5.73 Å². The van der Waals surface area contributed by atoms with Crippen LogP contribution in [0.25, 0.3) is 22.3 Å². The number of nitrogens with one attached hydrogen (secondary N) is 1. The van der Waals surface area contributed by atoms with Crippen LogP contribution in [0.2, 0.25) is 0 Å². The van der Waals surface area contributed by atoms with Crippen LogP contribution in [0.3, 0.4) is 0 Å². The molecule has 1 aromatic carbocycles. The fraction of sp³-hybridized carbons (Fsp3) is 0.0833. The van der Waals surface area contributed by atoms with Crippen molar-refractivity contribution in [2.75, 3.05) is 5.73 Å². The van der Waals surface area contributed by atoms with E-state index in [9.17, 15) is 0 Å². The smallest absolute Gasteiger partial charge is 0.222 e. The number of rotatable bonds is 1. The normalized spacial score (nSPS) is 11.1. The Morgan fingerprint density at radius 1 is 1.31 bits per heavy atom. The van der Waals surface area contributed by atoms with Crippen molar-refractivity contribution in [2.45, 2.75) is 6.92 Å². The lowest BCUT2D eigenvalue weighted by molar-refractivity contribution is 0.439. The number of hydrogen-bond donors (Lipinski definition) is 2. The number of nitrogens with two attached hydrogens (primary N) is 1. The van der Waals surface area contributed by atoms with E-state index in [1.54, 1.807) is 6.07 Å². The minimum Gasteiger partial charge on any atom is -0.368 e. The highest BCUT2D eigenvalue weighted by Crippen LogP contribution is 2.26. The minimum absolute atomic E-state index is 0.324. The molecule has 4 heteroatoms. The number of fused-ring (bicyclic) bond motifs is 1. The Kier molecular flexibility index (Phi) is 1.77. The van der Waals surface area contributed by atoms with Crippen LogP contribution >= 0.6 is 0 Å². The largest absolute Gasteiger partial charge is 0.368 e. The molecule has 0 saturated carbocycles. The topological polar surface area (TPSA) is 67.8 Å². The summed E-state index contributed by atoms with van der Waals surface area (Å²) >= 11 is 0. The molecule has 2 heterocycles. The number of H-pyrrole nitrogens is 1. The van der Waals surface area contributed by atoms with Gasteiger partial charge in [0.25, 0.3) is 0 Å². The zero-order valence-electron chi connectivity index (χ0n) is 8.82. The Hall–Kier alpha value is -2.23. The van der Waals surface area contributed by atoms with Gasteiger partial charge in [0.05, 0.1) is 5.69 Å². The first-order valence-corrected chi connectivity index (χ1v) is 5.05. The van der Waals surface area contributed by atoms with Gasteiger partial charge < -0.3 is 15.2 Å². The number of hydrogen-bond acceptors (Lipinski definition) is 3. The Morgan fingerprint density at radius 3 is 2.88 bits per heavy atom. The van der Waals surface area contributed by atoms with Crippen molar-refractivity contribution < 1.29 is 4.52 Å². The van der Waals surface area contributed by atoms with Crippen molar-refractivity contribution in [1.82, 2.24) is 10.1 Å². The third kappa shape index (κ3) is 1.27. The molecule has 0 aliphatic heterocycles. The maximum absolute atomic E-state index is 5.50. The van der Waals surface area contributed by atoms with Crippen molar-refractivity contribution in [1.29, 1.82) is 0 Å². The molecule has 0 amide bonds. The first-order valence-electron chi connectivity index (χ1n) is 5.05. The molecule has 80 valence electrons. The molecule has 4 nitrogen and oxygen atoms in total. The summed E-state index contributed by atoms with van der Waals surface area (Å²) in [6, 6.07) is 9.91. The van der Waals surface area contributed by atoms with Crippen molar-refractivity contribution in [2.24, 2.45) is 0 Å². The van der Waals surface area contributed by atoms with Crippen LogP contribution in [0.4, 0.5) is 5.88 Å². The van der Waals surface area contributed by atoms with Crippen LogP contribution in [0.15, 0.2) is 34.9 Å². The lowest BCUT2D eigenvalue weighted by atomic mass is 10.1. The SMILES string of the molecule is Cc1cccc2[nH]c(-c3cc(N)on3)cc12. The fourth-order valence-electron chi connectivity index (χ4n) is 1.86. The van der Waals surface area contributed by atoms with E-state index in [4.69, 9.17) is 10.3 Å². The Labute approximate surface area is 92.0 Å². The summed E-state index contributed by atoms with van der Waals surface area (Å²) in [7, 11) is 0. The van der Waals surface area contributed by atoms with E-state index in [-0.39, 0.29) is 0 Å². The van der Waals surface area contributed by atoms with Gasteiger partial charge in [-0.1, -0.05) is 17.3 Å². The van der Waals surface area contributed by atoms with Gasteiger partial charge in [-0.2, -0.15) is 0 Å². The number of aromatic amines is 1. The highest BCUT2D eigenvalue weighted by molar-refractivity contribution is 5.88. The van der Waals surface area contributed by atoms with E-state index in [1.165, 1.54) is 10.9 Å². The second-order valence-electron chi connectivity index (χ2n) is 3.83. The van der Waals surface area contributed by atoms with Gasteiger partial charge in [0, 0.05) is 17.0 Å². The summed E-state index contributed by atoms with van der Waals surface area (Å²) in [5.74, 6) is 0.324. The van der Waals surface area contributed by atoms with Gasteiger partial charge in [0.2, 0.25) is 5.88 Å². The van der Waals surface area contributed by atoms with Gasteiger partial charge in [0.1, 0.15) is 5.69 Å². The van der Waals surface area contributed by atoms with Crippen LogP contribution in [0, 0.1) is 6.92 Å². The second-order valence-corrected chi connectivity index (χ2v) is 3.83. The molecule has 0 unspecified atom stereocenters. The first kappa shape index (κ1) is 9.03. The van der Waals surface area contributed by atoms with Gasteiger partial charge in [-0.3, -0.25) is 0 Å². The number of nitrogen functional groups attached to an aromatic ring is 1. The summed E-state index contributed by atoms with van der Waals surface area (Å²) in [5.41, 5.74) is 9.47.